The van der Waals surface area contributed by atoms with Crippen LogP contribution in [0.3, 0.4) is 0 Å². The summed E-state index contributed by atoms with van der Waals surface area (Å²) in [6.45, 7) is 5.35. The minimum Gasteiger partial charge on any atom is -0.382 e. The molecule has 2 heterocycles. The van der Waals surface area contributed by atoms with E-state index in [0.29, 0.717) is 17.1 Å². The third-order valence-electron chi connectivity index (χ3n) is 2.92. The molecule has 0 fully saturated rings. The fraction of sp³-hybridized carbons (Fsp3) is 0.222. The second-order valence-electron chi connectivity index (χ2n) is 4.88. The van der Waals surface area contributed by atoms with E-state index in [1.807, 2.05) is 32.0 Å². The molecular weight excluding hydrogens is 290 g/mol. The van der Waals surface area contributed by atoms with Gasteiger partial charge in [-0.25, -0.2) is 4.98 Å². The van der Waals surface area contributed by atoms with E-state index >= 15 is 0 Å². The van der Waals surface area contributed by atoms with Crippen LogP contribution in [0.2, 0.25) is 0 Å². The second kappa shape index (κ2) is 7.85. The van der Waals surface area contributed by atoms with Crippen LogP contribution in [0.1, 0.15) is 41.4 Å². The van der Waals surface area contributed by atoms with Crippen molar-refractivity contribution in [1.82, 2.24) is 9.97 Å². The van der Waals surface area contributed by atoms with Gasteiger partial charge in [0.05, 0.1) is 5.69 Å². The predicted octanol–water partition coefficient (Wildman–Crippen LogP) is 2.78. The number of carbonyl (C=O) groups is 1. The number of aromatic nitrogens is 2. The van der Waals surface area contributed by atoms with E-state index in [0.717, 1.165) is 11.4 Å². The quantitative estimate of drug-likeness (QED) is 0.286. The van der Waals surface area contributed by atoms with Gasteiger partial charge < -0.3 is 4.84 Å². The van der Waals surface area contributed by atoms with Crippen molar-refractivity contribution in [3.63, 3.8) is 0 Å². The van der Waals surface area contributed by atoms with Crippen molar-refractivity contribution < 1.29 is 9.63 Å². The van der Waals surface area contributed by atoms with Crippen molar-refractivity contribution in [1.29, 1.82) is 0 Å². The number of rotatable bonds is 4. The molecule has 0 aliphatic rings. The second-order valence-corrected chi connectivity index (χ2v) is 4.88. The van der Waals surface area contributed by atoms with Gasteiger partial charge in [0.25, 0.3) is 0 Å². The molecule has 23 heavy (non-hydrogen) atoms. The highest BCUT2D eigenvalue weighted by Gasteiger charge is 2.00. The molecule has 5 nitrogen and oxygen atoms in total. The number of ketones is 1. The monoisotopic (exact) mass is 307 g/mol. The Bertz CT molecular complexity index is 801. The van der Waals surface area contributed by atoms with Gasteiger partial charge in [0.15, 0.2) is 12.4 Å². The van der Waals surface area contributed by atoms with E-state index in [4.69, 9.17) is 4.84 Å². The number of oxime groups is 1. The lowest BCUT2D eigenvalue weighted by atomic mass is 10.2. The molecule has 0 bridgehead atoms. The maximum absolute atomic E-state index is 11.2. The normalized spacial score (nSPS) is 10.7. The summed E-state index contributed by atoms with van der Waals surface area (Å²) in [7, 11) is 0. The minimum atomic E-state index is -0.0872. The first-order valence-electron chi connectivity index (χ1n) is 7.13. The smallest absolute Gasteiger partial charge is 0.178 e. The summed E-state index contributed by atoms with van der Waals surface area (Å²) in [4.78, 5) is 24.9. The standard InChI is InChI=1S/C18H17N3O2/c1-13-7-4-10-17(19-13)14(2)21-23-12-6-9-16-8-5-11-18(20-16)15(3)22/h4-5,7-8,10-11H,12H2,1-3H3/b21-14+. The molecule has 0 atom stereocenters. The summed E-state index contributed by atoms with van der Waals surface area (Å²) >= 11 is 0. The lowest BCUT2D eigenvalue weighted by Crippen LogP contribution is -2.01. The fourth-order valence-corrected chi connectivity index (χ4v) is 1.78. The van der Waals surface area contributed by atoms with E-state index < -0.39 is 0 Å². The summed E-state index contributed by atoms with van der Waals surface area (Å²) in [5, 5.41) is 3.99. The van der Waals surface area contributed by atoms with Crippen LogP contribution in [-0.2, 0) is 4.84 Å². The fourth-order valence-electron chi connectivity index (χ4n) is 1.78. The Labute approximate surface area is 135 Å². The zero-order valence-corrected chi connectivity index (χ0v) is 13.3. The number of aryl methyl sites for hydroxylation is 1. The van der Waals surface area contributed by atoms with Crippen LogP contribution in [-0.4, -0.2) is 28.1 Å². The van der Waals surface area contributed by atoms with Crippen molar-refractivity contribution in [3.8, 4) is 11.8 Å². The molecule has 0 saturated heterocycles. The van der Waals surface area contributed by atoms with Gasteiger partial charge in [0, 0.05) is 12.6 Å². The molecule has 0 aliphatic heterocycles. The predicted molar refractivity (Wildman–Crippen MR) is 88.3 cm³/mol. The first-order chi connectivity index (χ1) is 11.1. The zero-order valence-electron chi connectivity index (χ0n) is 13.3. The Morgan fingerprint density at radius 3 is 2.61 bits per heavy atom. The Morgan fingerprint density at radius 1 is 1.13 bits per heavy atom. The third-order valence-corrected chi connectivity index (χ3v) is 2.92. The molecule has 0 aromatic carbocycles. The summed E-state index contributed by atoms with van der Waals surface area (Å²) in [6.07, 6.45) is 0. The first kappa shape index (κ1) is 16.4. The molecule has 2 aromatic heterocycles. The molecular formula is C18H17N3O2. The number of nitrogens with zero attached hydrogens (tertiary/aromatic N) is 3. The molecule has 0 spiro atoms. The topological polar surface area (TPSA) is 64.4 Å². The van der Waals surface area contributed by atoms with Crippen LogP contribution in [0, 0.1) is 18.8 Å². The van der Waals surface area contributed by atoms with Gasteiger partial charge >= 0.3 is 0 Å². The van der Waals surface area contributed by atoms with Crippen LogP contribution in [0.4, 0.5) is 0 Å². The Morgan fingerprint density at radius 2 is 1.87 bits per heavy atom. The van der Waals surface area contributed by atoms with Crippen molar-refractivity contribution in [2.24, 2.45) is 5.16 Å². The zero-order chi connectivity index (χ0) is 16.7. The molecule has 2 aromatic rings. The van der Waals surface area contributed by atoms with Crippen molar-refractivity contribution in [2.45, 2.75) is 20.8 Å². The molecule has 0 N–H and O–H groups in total. The van der Waals surface area contributed by atoms with Crippen molar-refractivity contribution in [2.75, 3.05) is 6.61 Å². The largest absolute Gasteiger partial charge is 0.382 e. The van der Waals surface area contributed by atoms with Crippen molar-refractivity contribution in [3.05, 3.63) is 59.2 Å². The number of hydrogen-bond acceptors (Lipinski definition) is 5. The molecule has 0 amide bonds. The highest BCUT2D eigenvalue weighted by molar-refractivity contribution is 5.96. The summed E-state index contributed by atoms with van der Waals surface area (Å²) in [5.74, 6) is 5.56. The average molecular weight is 307 g/mol. The Balaban J connectivity index is 1.94. The Kier molecular flexibility index (Phi) is 5.59. The number of pyridine rings is 2. The maximum atomic E-state index is 11.2. The lowest BCUT2D eigenvalue weighted by Gasteiger charge is -2.00. The lowest BCUT2D eigenvalue weighted by molar-refractivity contribution is 0.101. The van der Waals surface area contributed by atoms with Crippen LogP contribution in [0.5, 0.6) is 0 Å². The van der Waals surface area contributed by atoms with E-state index in [-0.39, 0.29) is 12.4 Å². The van der Waals surface area contributed by atoms with E-state index in [1.165, 1.54) is 6.92 Å². The highest BCUT2D eigenvalue weighted by atomic mass is 16.6. The number of carbonyl (C=O) groups excluding carboxylic acids is 1. The van der Waals surface area contributed by atoms with Gasteiger partial charge in [-0.2, -0.15) is 0 Å². The minimum absolute atomic E-state index is 0.0872. The third kappa shape index (κ3) is 5.04. The van der Waals surface area contributed by atoms with E-state index in [2.05, 4.69) is 27.0 Å². The molecule has 0 radical (unpaired) electrons. The molecule has 5 heteroatoms. The number of Topliss-reactive ketones (excluding diaryl/α,β-unsaturated/α-hetero) is 1. The SMILES string of the molecule is CC(=O)c1cccc(C#CCO/N=C(\C)c2cccc(C)n2)n1. The molecule has 0 unspecified atom stereocenters. The number of hydrogen-bond donors (Lipinski definition) is 0. The van der Waals surface area contributed by atoms with Gasteiger partial charge in [0.1, 0.15) is 17.1 Å². The molecule has 0 aliphatic carbocycles. The Hall–Kier alpha value is -3.00. The summed E-state index contributed by atoms with van der Waals surface area (Å²) < 4.78 is 0. The highest BCUT2D eigenvalue weighted by Crippen LogP contribution is 2.01. The van der Waals surface area contributed by atoms with E-state index in [9.17, 15) is 4.79 Å². The van der Waals surface area contributed by atoms with Crippen LogP contribution in [0.15, 0.2) is 41.6 Å². The van der Waals surface area contributed by atoms with Gasteiger partial charge in [-0.05, 0) is 44.0 Å². The van der Waals surface area contributed by atoms with Crippen LogP contribution >= 0.6 is 0 Å². The van der Waals surface area contributed by atoms with Gasteiger partial charge in [-0.1, -0.05) is 23.2 Å². The molecule has 116 valence electrons. The molecule has 0 saturated carbocycles. The van der Waals surface area contributed by atoms with Gasteiger partial charge in [-0.3, -0.25) is 9.78 Å². The average Bonchev–Trinajstić information content (AvgIpc) is 2.54. The van der Waals surface area contributed by atoms with Crippen LogP contribution < -0.4 is 0 Å². The molecule has 2 rings (SSSR count). The van der Waals surface area contributed by atoms with Gasteiger partial charge in [-0.15, -0.1) is 0 Å². The van der Waals surface area contributed by atoms with Gasteiger partial charge in [0.2, 0.25) is 0 Å². The summed E-state index contributed by atoms with van der Waals surface area (Å²) in [5.41, 5.74) is 3.31. The van der Waals surface area contributed by atoms with E-state index in [1.54, 1.807) is 18.2 Å². The van der Waals surface area contributed by atoms with Crippen LogP contribution in [0.25, 0.3) is 0 Å². The summed E-state index contributed by atoms with van der Waals surface area (Å²) in [6, 6.07) is 10.9. The first-order valence-corrected chi connectivity index (χ1v) is 7.13. The maximum Gasteiger partial charge on any atom is 0.178 e. The van der Waals surface area contributed by atoms with Crippen molar-refractivity contribution >= 4 is 11.5 Å².